The summed E-state index contributed by atoms with van der Waals surface area (Å²) in [6.45, 7) is 3.53. The minimum Gasteiger partial charge on any atom is -0.349 e. The first kappa shape index (κ1) is 38.4. The first-order chi connectivity index (χ1) is 24.6. The fourth-order valence-corrected chi connectivity index (χ4v) is 6.66. The van der Waals surface area contributed by atoms with Gasteiger partial charge in [-0.1, -0.05) is 26.0 Å². The Morgan fingerprint density at radius 1 is 0.654 bits per heavy atom. The summed E-state index contributed by atoms with van der Waals surface area (Å²) >= 11 is 0. The van der Waals surface area contributed by atoms with E-state index < -0.39 is 35.1 Å². The molecule has 0 aliphatic heterocycles. The van der Waals surface area contributed by atoms with Crippen LogP contribution in [0.25, 0.3) is 22.3 Å². The van der Waals surface area contributed by atoms with Crippen LogP contribution in [0, 0.1) is 11.6 Å². The Bertz CT molecular complexity index is 1800. The molecule has 0 saturated heterocycles. The second-order valence-electron chi connectivity index (χ2n) is 12.6. The van der Waals surface area contributed by atoms with E-state index in [1.54, 1.807) is 26.2 Å². The van der Waals surface area contributed by atoms with Gasteiger partial charge in [0.05, 0.1) is 23.2 Å². The summed E-state index contributed by atoms with van der Waals surface area (Å²) in [4.78, 5) is 31.8. The van der Waals surface area contributed by atoms with Gasteiger partial charge in [-0.15, -0.1) is 0 Å². The summed E-state index contributed by atoms with van der Waals surface area (Å²) < 4.78 is 105. The number of nitrogens with one attached hydrogen (secondary N) is 2. The van der Waals surface area contributed by atoms with Crippen molar-refractivity contribution in [3.8, 4) is 22.3 Å². The van der Waals surface area contributed by atoms with Crippen LogP contribution >= 0.6 is 0 Å². The highest BCUT2D eigenvalue weighted by Gasteiger charge is 2.35. The Hall–Kier alpha value is -4.88. The average molecular weight is 733 g/mol. The van der Waals surface area contributed by atoms with Crippen molar-refractivity contribution in [2.75, 3.05) is 0 Å². The molecule has 0 fully saturated rings. The molecule has 52 heavy (non-hydrogen) atoms. The zero-order valence-corrected chi connectivity index (χ0v) is 28.3. The van der Waals surface area contributed by atoms with Crippen LogP contribution in [0.1, 0.15) is 97.8 Å². The van der Waals surface area contributed by atoms with Crippen molar-refractivity contribution >= 4 is 11.8 Å². The molecule has 0 spiro atoms. The lowest BCUT2D eigenvalue weighted by molar-refractivity contribution is -0.140. The second-order valence-corrected chi connectivity index (χ2v) is 12.6. The molecule has 2 amide bonds. The van der Waals surface area contributed by atoms with Crippen LogP contribution in [-0.2, 0) is 34.8 Å². The van der Waals surface area contributed by atoms with Crippen LogP contribution in [0.5, 0.6) is 0 Å². The van der Waals surface area contributed by atoms with Gasteiger partial charge in [0.2, 0.25) is 11.8 Å². The first-order valence-electron chi connectivity index (χ1n) is 16.9. The van der Waals surface area contributed by atoms with Gasteiger partial charge in [-0.3, -0.25) is 19.6 Å². The van der Waals surface area contributed by atoms with Crippen molar-refractivity contribution in [3.05, 3.63) is 106 Å². The predicted molar refractivity (Wildman–Crippen MR) is 177 cm³/mol. The lowest BCUT2D eigenvalue weighted by atomic mass is 9.84. The first-order valence-corrected chi connectivity index (χ1v) is 16.9. The third kappa shape index (κ3) is 8.59. The maximum absolute atomic E-state index is 14.0. The molecule has 276 valence electrons. The number of pyridine rings is 2. The Morgan fingerprint density at radius 3 is 1.37 bits per heavy atom. The quantitative estimate of drug-likeness (QED) is 0.194. The smallest absolute Gasteiger partial charge is 0.349 e. The van der Waals surface area contributed by atoms with E-state index in [2.05, 4.69) is 20.6 Å². The molecule has 2 unspecified atom stereocenters. The van der Waals surface area contributed by atoms with Gasteiger partial charge in [0.15, 0.2) is 0 Å². The molecule has 6 rings (SSSR count). The number of alkyl halides is 6. The van der Waals surface area contributed by atoms with Crippen LogP contribution < -0.4 is 10.6 Å². The Labute approximate surface area is 295 Å². The fourth-order valence-electron chi connectivity index (χ4n) is 6.66. The summed E-state index contributed by atoms with van der Waals surface area (Å²) in [7, 11) is 0. The normalized spacial score (nSPS) is 16.9. The fraction of sp³-hybridized carbons (Fsp3) is 0.368. The van der Waals surface area contributed by atoms with Crippen LogP contribution in [0.3, 0.4) is 0 Å². The minimum absolute atomic E-state index is 0.0752. The van der Waals surface area contributed by atoms with Crippen molar-refractivity contribution in [3.63, 3.8) is 0 Å². The van der Waals surface area contributed by atoms with Crippen molar-refractivity contribution < 1.29 is 44.7 Å². The molecule has 2 N–H and O–H groups in total. The van der Waals surface area contributed by atoms with E-state index in [0.29, 0.717) is 47.9 Å². The SMILES string of the molecule is CCC(=O)NC1CCCc2c(-c3ccc(C(F)(F)F)c(F)c3)cncc21.CCC(=O)NC1CCCc2c(-c3ccc(C(F)(F)F)c(F)c3)cncc21. The summed E-state index contributed by atoms with van der Waals surface area (Å²) in [6.07, 6.45) is 2.25. The average Bonchev–Trinajstić information content (AvgIpc) is 3.10. The Balaban J connectivity index is 0.000000201. The molecule has 2 aliphatic carbocycles. The maximum Gasteiger partial charge on any atom is 0.419 e. The number of hydrogen-bond acceptors (Lipinski definition) is 4. The van der Waals surface area contributed by atoms with E-state index in [-0.39, 0.29) is 23.9 Å². The van der Waals surface area contributed by atoms with Crippen molar-refractivity contribution in [1.82, 2.24) is 20.6 Å². The molecular weight excluding hydrogens is 696 g/mol. The predicted octanol–water partition coefficient (Wildman–Crippen LogP) is 9.62. The van der Waals surface area contributed by atoms with E-state index >= 15 is 0 Å². The number of carbonyl (C=O) groups excluding carboxylic acids is 2. The second kappa shape index (κ2) is 15.8. The zero-order valence-electron chi connectivity index (χ0n) is 28.3. The largest absolute Gasteiger partial charge is 0.419 e. The van der Waals surface area contributed by atoms with Crippen LogP contribution in [-0.4, -0.2) is 21.8 Å². The molecule has 4 aromatic rings. The van der Waals surface area contributed by atoms with Gasteiger partial charge in [-0.05, 0) is 96.2 Å². The number of benzene rings is 2. The number of fused-ring (bicyclic) bond motifs is 2. The van der Waals surface area contributed by atoms with Crippen molar-refractivity contribution in [2.24, 2.45) is 0 Å². The molecule has 0 radical (unpaired) electrons. The van der Waals surface area contributed by atoms with Gasteiger partial charge in [0.25, 0.3) is 0 Å². The minimum atomic E-state index is -4.73. The topological polar surface area (TPSA) is 84.0 Å². The molecule has 0 bridgehead atoms. The van der Waals surface area contributed by atoms with E-state index in [1.807, 2.05) is 0 Å². The number of hydrogen-bond donors (Lipinski definition) is 2. The van der Waals surface area contributed by atoms with Gasteiger partial charge < -0.3 is 10.6 Å². The third-order valence-corrected chi connectivity index (χ3v) is 9.26. The van der Waals surface area contributed by atoms with E-state index in [4.69, 9.17) is 0 Å². The molecule has 2 aromatic heterocycles. The van der Waals surface area contributed by atoms with Gasteiger partial charge in [0.1, 0.15) is 11.6 Å². The number of aromatic nitrogens is 2. The van der Waals surface area contributed by atoms with E-state index in [1.165, 1.54) is 24.5 Å². The Morgan fingerprint density at radius 2 is 1.04 bits per heavy atom. The Kier molecular flexibility index (Phi) is 11.6. The maximum atomic E-state index is 14.0. The molecule has 2 aromatic carbocycles. The van der Waals surface area contributed by atoms with Crippen LogP contribution in [0.15, 0.2) is 61.2 Å². The highest BCUT2D eigenvalue weighted by molar-refractivity contribution is 5.77. The highest BCUT2D eigenvalue weighted by Crippen LogP contribution is 2.40. The van der Waals surface area contributed by atoms with Crippen LogP contribution in [0.4, 0.5) is 35.1 Å². The summed E-state index contributed by atoms with van der Waals surface area (Å²) in [5.74, 6) is -2.76. The molecule has 2 heterocycles. The molecule has 2 atom stereocenters. The lowest BCUT2D eigenvalue weighted by Crippen LogP contribution is -2.30. The number of nitrogens with zero attached hydrogens (tertiary/aromatic N) is 2. The zero-order chi connectivity index (χ0) is 37.8. The standard InChI is InChI=1S/2C19H18F4N2O/c2*1-2-18(26)25-17-5-3-4-12-13(9-24-10-14(12)17)11-6-7-15(16(20)8-11)19(21,22)23/h2*6-10,17H,2-5H2,1H3,(H,25,26). The third-order valence-electron chi connectivity index (χ3n) is 9.26. The van der Waals surface area contributed by atoms with Gasteiger partial charge >= 0.3 is 12.4 Å². The summed E-state index contributed by atoms with van der Waals surface area (Å²) in [5, 5.41) is 5.88. The van der Waals surface area contributed by atoms with Gasteiger partial charge in [-0.2, -0.15) is 26.3 Å². The lowest BCUT2D eigenvalue weighted by Gasteiger charge is -2.27. The number of carbonyl (C=O) groups is 2. The highest BCUT2D eigenvalue weighted by atomic mass is 19.4. The van der Waals surface area contributed by atoms with Crippen LogP contribution in [0.2, 0.25) is 0 Å². The van der Waals surface area contributed by atoms with E-state index in [9.17, 15) is 44.7 Å². The van der Waals surface area contributed by atoms with E-state index in [0.717, 1.165) is 72.2 Å². The van der Waals surface area contributed by atoms with Gasteiger partial charge in [0, 0.05) is 48.8 Å². The summed E-state index contributed by atoms with van der Waals surface area (Å²) in [6, 6.07) is 5.46. The molecule has 14 heteroatoms. The molecular formula is C38H36F8N4O2. The monoisotopic (exact) mass is 732 g/mol. The molecule has 2 aliphatic rings. The summed E-state index contributed by atoms with van der Waals surface area (Å²) in [5.41, 5.74) is 2.81. The molecule has 6 nitrogen and oxygen atoms in total. The number of amides is 2. The van der Waals surface area contributed by atoms with Crippen molar-refractivity contribution in [2.45, 2.75) is 89.7 Å². The number of rotatable bonds is 6. The van der Waals surface area contributed by atoms with Crippen molar-refractivity contribution in [1.29, 1.82) is 0 Å². The van der Waals surface area contributed by atoms with Gasteiger partial charge in [-0.25, -0.2) is 8.78 Å². The number of halogens is 8. The molecule has 0 saturated carbocycles.